The summed E-state index contributed by atoms with van der Waals surface area (Å²) in [7, 11) is 1.69. The molecule has 4 nitrogen and oxygen atoms in total. The van der Waals surface area contributed by atoms with Gasteiger partial charge in [0.25, 0.3) is 0 Å². The predicted molar refractivity (Wildman–Crippen MR) is 90.5 cm³/mol. The Labute approximate surface area is 130 Å². The number of nitrogens with one attached hydrogen (secondary N) is 2. The second-order valence-corrected chi connectivity index (χ2v) is 5.60. The summed E-state index contributed by atoms with van der Waals surface area (Å²) in [5, 5.41) is 11.7. The van der Waals surface area contributed by atoms with Gasteiger partial charge in [0.2, 0.25) is 0 Å². The Kier molecular flexibility index (Phi) is 4.28. The number of ether oxygens (including phenoxy) is 1. The molecular formula is C18H21N3O. The number of fused-ring (bicyclic) bond motifs is 1. The first-order valence-electron chi connectivity index (χ1n) is 7.57. The molecule has 2 aromatic carbocycles. The van der Waals surface area contributed by atoms with Crippen molar-refractivity contribution in [2.75, 3.05) is 12.4 Å². The molecule has 0 aliphatic carbocycles. The standard InChI is InChI=1S/C18H21N3O/c1-13(3-4-14-5-9-17(22-2)10-6-14)20-16-8-7-15-12-19-21-18(15)11-16/h5-13,20H,3-4H2,1-2H3,(H,19,21). The van der Waals surface area contributed by atoms with Gasteiger partial charge < -0.3 is 10.1 Å². The summed E-state index contributed by atoms with van der Waals surface area (Å²) in [5.74, 6) is 0.905. The third-order valence-electron chi connectivity index (χ3n) is 3.88. The van der Waals surface area contributed by atoms with E-state index in [-0.39, 0.29) is 0 Å². The lowest BCUT2D eigenvalue weighted by atomic mass is 10.1. The third-order valence-corrected chi connectivity index (χ3v) is 3.88. The van der Waals surface area contributed by atoms with E-state index in [2.05, 4.69) is 52.8 Å². The van der Waals surface area contributed by atoms with Gasteiger partial charge in [-0.15, -0.1) is 0 Å². The van der Waals surface area contributed by atoms with E-state index in [4.69, 9.17) is 4.74 Å². The molecule has 1 unspecified atom stereocenters. The Balaban J connectivity index is 1.55. The van der Waals surface area contributed by atoms with E-state index in [0.717, 1.165) is 35.2 Å². The van der Waals surface area contributed by atoms with Crippen LogP contribution in [-0.2, 0) is 6.42 Å². The molecule has 4 heteroatoms. The largest absolute Gasteiger partial charge is 0.497 e. The van der Waals surface area contributed by atoms with Crippen molar-refractivity contribution < 1.29 is 4.74 Å². The molecule has 0 spiro atoms. The fraction of sp³-hybridized carbons (Fsp3) is 0.278. The number of hydrogen-bond donors (Lipinski definition) is 2. The minimum atomic E-state index is 0.405. The summed E-state index contributed by atoms with van der Waals surface area (Å²) in [4.78, 5) is 0. The highest BCUT2D eigenvalue weighted by atomic mass is 16.5. The van der Waals surface area contributed by atoms with Crippen LogP contribution in [0.25, 0.3) is 10.9 Å². The van der Waals surface area contributed by atoms with Crippen molar-refractivity contribution in [2.45, 2.75) is 25.8 Å². The van der Waals surface area contributed by atoms with Gasteiger partial charge in [0, 0.05) is 17.1 Å². The van der Waals surface area contributed by atoms with Crippen LogP contribution >= 0.6 is 0 Å². The van der Waals surface area contributed by atoms with Gasteiger partial charge in [0.1, 0.15) is 5.75 Å². The second-order valence-electron chi connectivity index (χ2n) is 5.60. The minimum Gasteiger partial charge on any atom is -0.497 e. The second kappa shape index (κ2) is 6.52. The summed E-state index contributed by atoms with van der Waals surface area (Å²) in [6.45, 7) is 2.21. The fourth-order valence-electron chi connectivity index (χ4n) is 2.56. The first-order valence-corrected chi connectivity index (χ1v) is 7.57. The van der Waals surface area contributed by atoms with E-state index in [1.165, 1.54) is 5.56 Å². The zero-order valence-corrected chi connectivity index (χ0v) is 13.0. The molecule has 3 aromatic rings. The van der Waals surface area contributed by atoms with Crippen molar-refractivity contribution in [1.82, 2.24) is 10.2 Å². The Hall–Kier alpha value is -2.49. The quantitative estimate of drug-likeness (QED) is 0.722. The van der Waals surface area contributed by atoms with Crippen molar-refractivity contribution in [3.8, 4) is 5.75 Å². The number of aromatic amines is 1. The molecule has 22 heavy (non-hydrogen) atoms. The number of aromatic nitrogens is 2. The molecule has 0 bridgehead atoms. The van der Waals surface area contributed by atoms with Crippen LogP contribution in [0.5, 0.6) is 5.75 Å². The summed E-state index contributed by atoms with van der Waals surface area (Å²) in [5.41, 5.74) is 3.52. The van der Waals surface area contributed by atoms with Gasteiger partial charge in [0.05, 0.1) is 18.8 Å². The van der Waals surface area contributed by atoms with E-state index in [0.29, 0.717) is 6.04 Å². The maximum absolute atomic E-state index is 5.18. The number of methoxy groups -OCH3 is 1. The zero-order chi connectivity index (χ0) is 15.4. The monoisotopic (exact) mass is 295 g/mol. The van der Waals surface area contributed by atoms with Crippen LogP contribution in [0.2, 0.25) is 0 Å². The molecule has 0 amide bonds. The average Bonchev–Trinajstić information content (AvgIpc) is 3.01. The van der Waals surface area contributed by atoms with E-state index in [9.17, 15) is 0 Å². The predicted octanol–water partition coefficient (Wildman–Crippen LogP) is 4.00. The van der Waals surface area contributed by atoms with Crippen LogP contribution < -0.4 is 10.1 Å². The van der Waals surface area contributed by atoms with Gasteiger partial charge in [-0.05, 0) is 55.7 Å². The summed E-state index contributed by atoms with van der Waals surface area (Å²) < 4.78 is 5.18. The number of rotatable bonds is 6. The SMILES string of the molecule is COc1ccc(CCC(C)Nc2ccc3cn[nH]c3c2)cc1. The first kappa shape index (κ1) is 14.4. The molecule has 114 valence electrons. The molecule has 0 radical (unpaired) electrons. The molecule has 0 saturated carbocycles. The van der Waals surface area contributed by atoms with Crippen LogP contribution in [0, 0.1) is 0 Å². The third kappa shape index (κ3) is 3.39. The summed E-state index contributed by atoms with van der Waals surface area (Å²) in [6, 6.07) is 15.0. The van der Waals surface area contributed by atoms with Gasteiger partial charge >= 0.3 is 0 Å². The molecule has 0 aliphatic rings. The molecule has 0 aliphatic heterocycles. The Morgan fingerprint density at radius 2 is 2.00 bits per heavy atom. The van der Waals surface area contributed by atoms with Crippen LogP contribution in [0.4, 0.5) is 5.69 Å². The van der Waals surface area contributed by atoms with E-state index >= 15 is 0 Å². The number of benzene rings is 2. The molecule has 1 aromatic heterocycles. The van der Waals surface area contributed by atoms with E-state index < -0.39 is 0 Å². The van der Waals surface area contributed by atoms with Crippen molar-refractivity contribution in [2.24, 2.45) is 0 Å². The number of anilines is 1. The topological polar surface area (TPSA) is 49.9 Å². The first-order chi connectivity index (χ1) is 10.7. The smallest absolute Gasteiger partial charge is 0.118 e. The highest BCUT2D eigenvalue weighted by Crippen LogP contribution is 2.19. The number of aryl methyl sites for hydroxylation is 1. The molecule has 2 N–H and O–H groups in total. The lowest BCUT2D eigenvalue weighted by Crippen LogP contribution is -2.15. The Morgan fingerprint density at radius 3 is 2.77 bits per heavy atom. The molecule has 0 saturated heterocycles. The Morgan fingerprint density at radius 1 is 1.18 bits per heavy atom. The maximum Gasteiger partial charge on any atom is 0.118 e. The van der Waals surface area contributed by atoms with Crippen LogP contribution in [0.1, 0.15) is 18.9 Å². The summed E-state index contributed by atoms with van der Waals surface area (Å²) in [6.07, 6.45) is 3.96. The zero-order valence-electron chi connectivity index (χ0n) is 13.0. The number of H-pyrrole nitrogens is 1. The van der Waals surface area contributed by atoms with Crippen molar-refractivity contribution in [3.63, 3.8) is 0 Å². The highest BCUT2D eigenvalue weighted by Gasteiger charge is 2.04. The van der Waals surface area contributed by atoms with E-state index in [1.54, 1.807) is 7.11 Å². The van der Waals surface area contributed by atoms with Gasteiger partial charge in [-0.1, -0.05) is 12.1 Å². The molecule has 3 rings (SSSR count). The van der Waals surface area contributed by atoms with Gasteiger partial charge in [-0.25, -0.2) is 0 Å². The normalized spacial score (nSPS) is 12.3. The maximum atomic E-state index is 5.18. The molecule has 1 atom stereocenters. The Bertz CT molecular complexity index is 733. The van der Waals surface area contributed by atoms with Crippen LogP contribution in [0.3, 0.4) is 0 Å². The molecular weight excluding hydrogens is 274 g/mol. The molecule has 1 heterocycles. The fourth-order valence-corrected chi connectivity index (χ4v) is 2.56. The minimum absolute atomic E-state index is 0.405. The van der Waals surface area contributed by atoms with Gasteiger partial charge in [-0.3, -0.25) is 5.10 Å². The lowest BCUT2D eigenvalue weighted by molar-refractivity contribution is 0.414. The number of nitrogens with zero attached hydrogens (tertiary/aromatic N) is 1. The summed E-state index contributed by atoms with van der Waals surface area (Å²) >= 11 is 0. The molecule has 0 fully saturated rings. The van der Waals surface area contributed by atoms with Gasteiger partial charge in [-0.2, -0.15) is 5.10 Å². The van der Waals surface area contributed by atoms with Crippen molar-refractivity contribution in [3.05, 3.63) is 54.2 Å². The average molecular weight is 295 g/mol. The van der Waals surface area contributed by atoms with Crippen molar-refractivity contribution in [1.29, 1.82) is 0 Å². The lowest BCUT2D eigenvalue weighted by Gasteiger charge is -2.15. The highest BCUT2D eigenvalue weighted by molar-refractivity contribution is 5.81. The van der Waals surface area contributed by atoms with Crippen LogP contribution in [0.15, 0.2) is 48.7 Å². The number of hydrogen-bond acceptors (Lipinski definition) is 3. The van der Waals surface area contributed by atoms with E-state index in [1.807, 2.05) is 18.3 Å². The van der Waals surface area contributed by atoms with Crippen LogP contribution in [-0.4, -0.2) is 23.3 Å². The van der Waals surface area contributed by atoms with Crippen molar-refractivity contribution >= 4 is 16.6 Å². The van der Waals surface area contributed by atoms with Gasteiger partial charge in [0.15, 0.2) is 0 Å².